The van der Waals surface area contributed by atoms with E-state index in [-0.39, 0.29) is 5.56 Å². The average molecular weight is 422 g/mol. The van der Waals surface area contributed by atoms with Gasteiger partial charge >= 0.3 is 0 Å². The molecule has 8 heteroatoms. The first-order chi connectivity index (χ1) is 14.7. The number of hydrogen-bond acceptors (Lipinski definition) is 5. The monoisotopic (exact) mass is 421 g/mol. The van der Waals surface area contributed by atoms with Crippen LogP contribution >= 0.6 is 11.6 Å². The van der Waals surface area contributed by atoms with Gasteiger partial charge in [-0.05, 0) is 29.3 Å². The van der Waals surface area contributed by atoms with Gasteiger partial charge in [-0.2, -0.15) is 0 Å². The maximum Gasteiger partial charge on any atom is 0.251 e. The summed E-state index contributed by atoms with van der Waals surface area (Å²) in [6.45, 7) is 3.59. The van der Waals surface area contributed by atoms with Gasteiger partial charge < -0.3 is 19.2 Å². The molecule has 0 aromatic carbocycles. The number of morpholine rings is 1. The lowest BCUT2D eigenvalue weighted by atomic mass is 10.1. The molecule has 0 unspecified atom stereocenters. The van der Waals surface area contributed by atoms with Crippen molar-refractivity contribution in [2.24, 2.45) is 0 Å². The van der Waals surface area contributed by atoms with Gasteiger partial charge in [0.2, 0.25) is 0 Å². The van der Waals surface area contributed by atoms with E-state index in [9.17, 15) is 4.79 Å². The zero-order valence-electron chi connectivity index (χ0n) is 16.2. The van der Waals surface area contributed by atoms with E-state index in [0.717, 1.165) is 59.7 Å². The first kappa shape index (κ1) is 18.8. The van der Waals surface area contributed by atoms with Crippen molar-refractivity contribution in [3.05, 3.63) is 76.2 Å². The van der Waals surface area contributed by atoms with Gasteiger partial charge in [-0.3, -0.25) is 4.79 Å². The normalized spacial score (nSPS) is 14.4. The van der Waals surface area contributed by atoms with Crippen molar-refractivity contribution < 1.29 is 4.74 Å². The van der Waals surface area contributed by atoms with E-state index in [1.807, 2.05) is 30.7 Å². The number of aromatic amines is 1. The molecule has 5 rings (SSSR count). The summed E-state index contributed by atoms with van der Waals surface area (Å²) >= 11 is 5.84. The largest absolute Gasteiger partial charge is 0.378 e. The lowest BCUT2D eigenvalue weighted by Gasteiger charge is -2.28. The van der Waals surface area contributed by atoms with Crippen LogP contribution in [0, 0.1) is 0 Å². The smallest absolute Gasteiger partial charge is 0.251 e. The number of pyridine rings is 3. The second-order valence-electron chi connectivity index (χ2n) is 7.26. The molecular formula is C22H20ClN5O2. The number of hydrogen-bond donors (Lipinski definition) is 1. The summed E-state index contributed by atoms with van der Waals surface area (Å²) in [6.07, 6.45) is 7.28. The van der Waals surface area contributed by atoms with E-state index in [4.69, 9.17) is 16.3 Å². The van der Waals surface area contributed by atoms with E-state index in [0.29, 0.717) is 11.7 Å². The molecule has 152 valence electrons. The molecule has 7 nitrogen and oxygen atoms in total. The number of nitrogens with one attached hydrogen (secondary N) is 1. The molecule has 0 aliphatic carbocycles. The highest BCUT2D eigenvalue weighted by atomic mass is 35.5. The molecule has 1 aliphatic rings. The van der Waals surface area contributed by atoms with Crippen molar-refractivity contribution in [3.8, 4) is 11.1 Å². The minimum Gasteiger partial charge on any atom is -0.378 e. The summed E-state index contributed by atoms with van der Waals surface area (Å²) in [5.41, 5.74) is 4.53. The van der Waals surface area contributed by atoms with Crippen LogP contribution in [-0.4, -0.2) is 45.8 Å². The fourth-order valence-electron chi connectivity index (χ4n) is 3.73. The van der Waals surface area contributed by atoms with Gasteiger partial charge in [0, 0.05) is 48.7 Å². The zero-order valence-corrected chi connectivity index (χ0v) is 17.0. The third kappa shape index (κ3) is 3.69. The van der Waals surface area contributed by atoms with Crippen LogP contribution in [0.1, 0.15) is 5.56 Å². The highest BCUT2D eigenvalue weighted by Crippen LogP contribution is 2.30. The predicted molar refractivity (Wildman–Crippen MR) is 117 cm³/mol. The van der Waals surface area contributed by atoms with Gasteiger partial charge in [-0.15, -0.1) is 0 Å². The molecule has 1 N–H and O–H groups in total. The molecule has 0 radical (unpaired) electrons. The molecule has 0 saturated carbocycles. The van der Waals surface area contributed by atoms with Crippen LogP contribution in [0.25, 0.3) is 22.2 Å². The second kappa shape index (κ2) is 7.93. The summed E-state index contributed by atoms with van der Waals surface area (Å²) in [5, 5.41) is 1.43. The van der Waals surface area contributed by atoms with E-state index in [1.165, 1.54) is 0 Å². The molecule has 5 heterocycles. The first-order valence-corrected chi connectivity index (χ1v) is 10.2. The Kier molecular flexibility index (Phi) is 4.98. The van der Waals surface area contributed by atoms with Gasteiger partial charge in [0.1, 0.15) is 10.8 Å². The van der Waals surface area contributed by atoms with Crippen LogP contribution in [0.15, 0.2) is 59.9 Å². The first-order valence-electron chi connectivity index (χ1n) is 9.78. The van der Waals surface area contributed by atoms with Crippen LogP contribution in [-0.2, 0) is 11.3 Å². The van der Waals surface area contributed by atoms with Crippen molar-refractivity contribution in [1.29, 1.82) is 0 Å². The van der Waals surface area contributed by atoms with Gasteiger partial charge in [0.15, 0.2) is 0 Å². The second-order valence-corrected chi connectivity index (χ2v) is 7.65. The SMILES string of the molecule is O=c1cc(-c2c[nH]c3ncc(N4CCOCC4)cc23)ccn1Cc1ccc(Cl)nc1. The summed E-state index contributed by atoms with van der Waals surface area (Å²) < 4.78 is 7.10. The number of fused-ring (bicyclic) bond motifs is 1. The molecule has 0 bridgehead atoms. The van der Waals surface area contributed by atoms with E-state index in [2.05, 4.69) is 25.9 Å². The van der Waals surface area contributed by atoms with Gasteiger partial charge in [-0.25, -0.2) is 9.97 Å². The highest BCUT2D eigenvalue weighted by molar-refractivity contribution is 6.29. The number of aromatic nitrogens is 4. The maximum atomic E-state index is 12.7. The van der Waals surface area contributed by atoms with Crippen molar-refractivity contribution in [1.82, 2.24) is 19.5 Å². The Balaban J connectivity index is 1.46. The standard InChI is InChI=1S/C22H20ClN5O2/c23-20-2-1-15(11-24-20)14-28-4-3-16(9-21(28)29)19-13-26-22-18(19)10-17(12-25-22)27-5-7-30-8-6-27/h1-4,9-13H,5-8,14H2,(H,25,26). The molecule has 0 atom stereocenters. The molecule has 1 fully saturated rings. The quantitative estimate of drug-likeness (QED) is 0.511. The number of rotatable bonds is 4. The Labute approximate surface area is 177 Å². The Bertz CT molecular complexity index is 1240. The third-order valence-corrected chi connectivity index (χ3v) is 5.57. The lowest BCUT2D eigenvalue weighted by molar-refractivity contribution is 0.122. The fraction of sp³-hybridized carbons (Fsp3) is 0.227. The Hall–Kier alpha value is -3.16. The van der Waals surface area contributed by atoms with Crippen molar-refractivity contribution in [3.63, 3.8) is 0 Å². The minimum atomic E-state index is -0.0749. The minimum absolute atomic E-state index is 0.0749. The van der Waals surface area contributed by atoms with Crippen LogP contribution in [0.5, 0.6) is 0 Å². The number of nitrogens with zero attached hydrogens (tertiary/aromatic N) is 4. The summed E-state index contributed by atoms with van der Waals surface area (Å²) in [5.74, 6) is 0. The summed E-state index contributed by atoms with van der Waals surface area (Å²) in [6, 6.07) is 9.34. The molecule has 4 aromatic heterocycles. The summed E-state index contributed by atoms with van der Waals surface area (Å²) in [4.78, 5) is 26.8. The van der Waals surface area contributed by atoms with E-state index < -0.39 is 0 Å². The lowest BCUT2D eigenvalue weighted by Crippen LogP contribution is -2.36. The van der Waals surface area contributed by atoms with Crippen LogP contribution < -0.4 is 10.5 Å². The summed E-state index contributed by atoms with van der Waals surface area (Å²) in [7, 11) is 0. The predicted octanol–water partition coefficient (Wildman–Crippen LogP) is 3.32. The van der Waals surface area contributed by atoms with Crippen LogP contribution in [0.4, 0.5) is 5.69 Å². The zero-order chi connectivity index (χ0) is 20.5. The molecule has 0 spiro atoms. The number of H-pyrrole nitrogens is 1. The van der Waals surface area contributed by atoms with Crippen LogP contribution in [0.2, 0.25) is 5.15 Å². The van der Waals surface area contributed by atoms with Gasteiger partial charge in [-0.1, -0.05) is 17.7 Å². The van der Waals surface area contributed by atoms with Crippen molar-refractivity contribution in [2.45, 2.75) is 6.54 Å². The van der Waals surface area contributed by atoms with E-state index in [1.54, 1.807) is 22.9 Å². The van der Waals surface area contributed by atoms with Gasteiger partial charge in [0.25, 0.3) is 5.56 Å². The van der Waals surface area contributed by atoms with Crippen LogP contribution in [0.3, 0.4) is 0 Å². The molecule has 1 saturated heterocycles. The van der Waals surface area contributed by atoms with Crippen molar-refractivity contribution >= 4 is 28.3 Å². The molecule has 0 amide bonds. The topological polar surface area (TPSA) is 76.0 Å². The van der Waals surface area contributed by atoms with Crippen molar-refractivity contribution in [2.75, 3.05) is 31.2 Å². The fourth-order valence-corrected chi connectivity index (χ4v) is 3.84. The number of ether oxygens (including phenoxy) is 1. The number of anilines is 1. The Morgan fingerprint density at radius 2 is 1.97 bits per heavy atom. The average Bonchev–Trinajstić information content (AvgIpc) is 3.20. The number of halogens is 1. The third-order valence-electron chi connectivity index (χ3n) is 5.34. The molecule has 1 aliphatic heterocycles. The maximum absolute atomic E-state index is 12.7. The van der Waals surface area contributed by atoms with E-state index >= 15 is 0 Å². The highest BCUT2D eigenvalue weighted by Gasteiger charge is 2.15. The Morgan fingerprint density at radius 1 is 1.10 bits per heavy atom. The molecular weight excluding hydrogens is 402 g/mol. The van der Waals surface area contributed by atoms with Gasteiger partial charge in [0.05, 0.1) is 31.6 Å². The Morgan fingerprint density at radius 3 is 2.73 bits per heavy atom. The molecule has 4 aromatic rings. The molecule has 30 heavy (non-hydrogen) atoms.